The summed E-state index contributed by atoms with van der Waals surface area (Å²) in [5.41, 5.74) is 0.264. The van der Waals surface area contributed by atoms with E-state index in [1.54, 1.807) is 24.3 Å². The van der Waals surface area contributed by atoms with Crippen molar-refractivity contribution in [3.05, 3.63) is 48.0 Å². The zero-order chi connectivity index (χ0) is 14.7. The van der Waals surface area contributed by atoms with Gasteiger partial charge in [-0.1, -0.05) is 42.5 Å². The Kier molecular flexibility index (Phi) is 4.46. The number of aliphatic hydroxyl groups is 4. The lowest BCUT2D eigenvalue weighted by Crippen LogP contribution is -2.43. The van der Waals surface area contributed by atoms with Crippen molar-refractivity contribution in [3.8, 4) is 0 Å². The van der Waals surface area contributed by atoms with Crippen LogP contribution in [-0.4, -0.2) is 51.1 Å². The number of aliphatic hydroxyl groups excluding tert-OH is 4. The van der Waals surface area contributed by atoms with Crippen molar-refractivity contribution in [2.75, 3.05) is 6.61 Å². The fourth-order valence-corrected chi connectivity index (χ4v) is 2.07. The van der Waals surface area contributed by atoms with Gasteiger partial charge in [-0.05, 0) is 10.8 Å². The Balaban J connectivity index is 2.36. The summed E-state index contributed by atoms with van der Waals surface area (Å²) < 4.78 is 0. The van der Waals surface area contributed by atoms with Crippen LogP contribution in [-0.2, 0) is 0 Å². The van der Waals surface area contributed by atoms with Gasteiger partial charge in [-0.3, -0.25) is 4.79 Å². The summed E-state index contributed by atoms with van der Waals surface area (Å²) in [6, 6.07) is 12.2. The quantitative estimate of drug-likeness (QED) is 0.581. The van der Waals surface area contributed by atoms with Crippen molar-refractivity contribution in [2.24, 2.45) is 0 Å². The summed E-state index contributed by atoms with van der Waals surface area (Å²) in [6.07, 6.45) is -5.08. The van der Waals surface area contributed by atoms with Crippen molar-refractivity contribution in [1.29, 1.82) is 0 Å². The lowest BCUT2D eigenvalue weighted by Gasteiger charge is -2.21. The predicted octanol–water partition coefficient (Wildman–Crippen LogP) is 0.0975. The van der Waals surface area contributed by atoms with Gasteiger partial charge in [0.1, 0.15) is 18.3 Å². The van der Waals surface area contributed by atoms with Gasteiger partial charge < -0.3 is 20.4 Å². The molecule has 0 radical (unpaired) electrons. The van der Waals surface area contributed by atoms with E-state index >= 15 is 0 Å². The SMILES string of the molecule is O=C(c1cccc2ccccc12)[C@@H](O)[C@H](O)[C@H](O)CO. The van der Waals surface area contributed by atoms with Gasteiger partial charge in [0.05, 0.1) is 6.61 Å². The second kappa shape index (κ2) is 6.11. The molecule has 0 aromatic heterocycles. The average Bonchev–Trinajstić information content (AvgIpc) is 2.51. The Bertz CT molecular complexity index is 605. The Morgan fingerprint density at radius 2 is 1.65 bits per heavy atom. The number of carbonyl (C=O) groups excluding carboxylic acids is 1. The molecule has 2 rings (SSSR count). The van der Waals surface area contributed by atoms with Gasteiger partial charge in [0.2, 0.25) is 0 Å². The molecule has 2 aromatic rings. The van der Waals surface area contributed by atoms with Crippen molar-refractivity contribution < 1.29 is 25.2 Å². The predicted molar refractivity (Wildman–Crippen MR) is 73.4 cm³/mol. The Morgan fingerprint density at radius 3 is 2.35 bits per heavy atom. The van der Waals surface area contributed by atoms with E-state index in [9.17, 15) is 20.1 Å². The van der Waals surface area contributed by atoms with Crippen LogP contribution >= 0.6 is 0 Å². The van der Waals surface area contributed by atoms with E-state index in [4.69, 9.17) is 5.11 Å². The molecule has 106 valence electrons. The van der Waals surface area contributed by atoms with Crippen LogP contribution in [0.15, 0.2) is 42.5 Å². The molecule has 2 aromatic carbocycles. The molecular weight excluding hydrogens is 260 g/mol. The number of hydrogen-bond acceptors (Lipinski definition) is 5. The third kappa shape index (κ3) is 2.71. The Morgan fingerprint density at radius 1 is 1.00 bits per heavy atom. The van der Waals surface area contributed by atoms with Crippen molar-refractivity contribution in [3.63, 3.8) is 0 Å². The van der Waals surface area contributed by atoms with E-state index in [0.717, 1.165) is 5.39 Å². The summed E-state index contributed by atoms with van der Waals surface area (Å²) in [7, 11) is 0. The molecule has 0 fully saturated rings. The molecule has 5 heteroatoms. The molecule has 0 heterocycles. The number of Topliss-reactive ketones (excluding diaryl/α,β-unsaturated/α-hetero) is 1. The number of carbonyl (C=O) groups is 1. The maximum Gasteiger partial charge on any atom is 0.194 e. The van der Waals surface area contributed by atoms with E-state index in [1.165, 1.54) is 0 Å². The minimum atomic E-state index is -1.79. The molecule has 4 N–H and O–H groups in total. The minimum absolute atomic E-state index is 0.264. The van der Waals surface area contributed by atoms with Crippen LogP contribution in [0.1, 0.15) is 10.4 Å². The minimum Gasteiger partial charge on any atom is -0.394 e. The molecule has 0 saturated carbocycles. The fourth-order valence-electron chi connectivity index (χ4n) is 2.07. The van der Waals surface area contributed by atoms with E-state index in [2.05, 4.69) is 0 Å². The molecule has 0 aliphatic heterocycles. The molecule has 0 saturated heterocycles. The van der Waals surface area contributed by atoms with E-state index < -0.39 is 30.7 Å². The van der Waals surface area contributed by atoms with Gasteiger partial charge in [0.25, 0.3) is 0 Å². The molecule has 0 aliphatic rings. The zero-order valence-electron chi connectivity index (χ0n) is 10.7. The molecule has 0 unspecified atom stereocenters. The summed E-state index contributed by atoms with van der Waals surface area (Å²) in [5, 5.41) is 39.0. The highest BCUT2D eigenvalue weighted by molar-refractivity contribution is 6.10. The van der Waals surface area contributed by atoms with Crippen LogP contribution in [0.25, 0.3) is 10.8 Å². The second-order valence-electron chi connectivity index (χ2n) is 4.58. The first-order valence-corrected chi connectivity index (χ1v) is 6.23. The van der Waals surface area contributed by atoms with Crippen LogP contribution in [0, 0.1) is 0 Å². The van der Waals surface area contributed by atoms with Gasteiger partial charge in [0.15, 0.2) is 5.78 Å². The molecule has 0 aliphatic carbocycles. The maximum absolute atomic E-state index is 12.2. The van der Waals surface area contributed by atoms with Crippen LogP contribution in [0.4, 0.5) is 0 Å². The number of hydrogen-bond donors (Lipinski definition) is 4. The first kappa shape index (κ1) is 14.6. The van der Waals surface area contributed by atoms with Crippen LogP contribution in [0.5, 0.6) is 0 Å². The molecular formula is C15H16O5. The standard InChI is InChI=1S/C15H16O5/c16-8-12(17)14(19)15(20)13(18)11-7-3-5-9-4-1-2-6-10(9)11/h1-7,12,14-17,19-20H,8H2/t12-,14-,15-/m1/s1. The molecule has 20 heavy (non-hydrogen) atoms. The second-order valence-corrected chi connectivity index (χ2v) is 4.58. The highest BCUT2D eigenvalue weighted by Gasteiger charge is 2.31. The van der Waals surface area contributed by atoms with Gasteiger partial charge in [0, 0.05) is 5.56 Å². The number of rotatable bonds is 5. The highest BCUT2D eigenvalue weighted by Crippen LogP contribution is 2.21. The smallest absolute Gasteiger partial charge is 0.194 e. The molecule has 0 spiro atoms. The third-order valence-electron chi connectivity index (χ3n) is 3.23. The molecule has 3 atom stereocenters. The third-order valence-corrected chi connectivity index (χ3v) is 3.23. The first-order valence-electron chi connectivity index (χ1n) is 6.23. The van der Waals surface area contributed by atoms with Gasteiger partial charge >= 0.3 is 0 Å². The first-order chi connectivity index (χ1) is 9.56. The Hall–Kier alpha value is -1.79. The van der Waals surface area contributed by atoms with Gasteiger partial charge in [-0.25, -0.2) is 0 Å². The van der Waals surface area contributed by atoms with Gasteiger partial charge in [-0.2, -0.15) is 0 Å². The summed E-state index contributed by atoms with van der Waals surface area (Å²) in [5.74, 6) is -0.693. The number of benzene rings is 2. The monoisotopic (exact) mass is 276 g/mol. The lowest BCUT2D eigenvalue weighted by atomic mass is 9.95. The fraction of sp³-hybridized carbons (Fsp3) is 0.267. The molecule has 0 bridgehead atoms. The topological polar surface area (TPSA) is 98.0 Å². The zero-order valence-corrected chi connectivity index (χ0v) is 10.7. The lowest BCUT2D eigenvalue weighted by molar-refractivity contribution is -0.0645. The van der Waals surface area contributed by atoms with Crippen LogP contribution in [0.2, 0.25) is 0 Å². The van der Waals surface area contributed by atoms with E-state index in [1.807, 2.05) is 18.2 Å². The van der Waals surface area contributed by atoms with E-state index in [-0.39, 0.29) is 5.56 Å². The normalized spacial score (nSPS) is 15.8. The van der Waals surface area contributed by atoms with Crippen molar-refractivity contribution >= 4 is 16.6 Å². The molecule has 5 nitrogen and oxygen atoms in total. The molecule has 0 amide bonds. The largest absolute Gasteiger partial charge is 0.394 e. The summed E-state index contributed by atoms with van der Waals surface area (Å²) >= 11 is 0. The maximum atomic E-state index is 12.2. The van der Waals surface area contributed by atoms with Gasteiger partial charge in [-0.15, -0.1) is 0 Å². The summed E-state index contributed by atoms with van der Waals surface area (Å²) in [6.45, 7) is -0.735. The highest BCUT2D eigenvalue weighted by atomic mass is 16.4. The van der Waals surface area contributed by atoms with E-state index in [0.29, 0.717) is 5.39 Å². The summed E-state index contributed by atoms with van der Waals surface area (Å²) in [4.78, 5) is 12.2. The van der Waals surface area contributed by atoms with Crippen LogP contribution < -0.4 is 0 Å². The number of ketones is 1. The average molecular weight is 276 g/mol. The Labute approximate surface area is 115 Å². The number of fused-ring (bicyclic) bond motifs is 1. The van der Waals surface area contributed by atoms with Crippen LogP contribution in [0.3, 0.4) is 0 Å². The van der Waals surface area contributed by atoms with Crippen molar-refractivity contribution in [1.82, 2.24) is 0 Å². The van der Waals surface area contributed by atoms with Crippen molar-refractivity contribution in [2.45, 2.75) is 18.3 Å².